The van der Waals surface area contributed by atoms with Crippen LogP contribution >= 0.6 is 0 Å². The Bertz CT molecular complexity index is 2830. The van der Waals surface area contributed by atoms with Crippen molar-refractivity contribution in [3.05, 3.63) is 191 Å². The minimum absolute atomic E-state index is 0.310. The largest absolute Gasteiger partial charge is 0.455 e. The van der Waals surface area contributed by atoms with Crippen molar-refractivity contribution < 1.29 is 4.42 Å². The van der Waals surface area contributed by atoms with Gasteiger partial charge in [-0.2, -0.15) is 4.58 Å². The van der Waals surface area contributed by atoms with Gasteiger partial charge < -0.3 is 8.98 Å². The number of hydrogen-bond acceptors (Lipinski definition) is 1. The maximum atomic E-state index is 6.40. The summed E-state index contributed by atoms with van der Waals surface area (Å²) in [6.45, 7) is 2.06. The first-order valence-electron chi connectivity index (χ1n) is 18.0. The van der Waals surface area contributed by atoms with E-state index in [0.717, 1.165) is 30.4 Å². The van der Waals surface area contributed by atoms with Crippen LogP contribution in [0.5, 0.6) is 0 Å². The Labute approximate surface area is 297 Å². The van der Waals surface area contributed by atoms with Gasteiger partial charge in [-0.25, -0.2) is 0 Å². The second kappa shape index (κ2) is 12.0. The van der Waals surface area contributed by atoms with Crippen LogP contribution in [-0.2, 0) is 6.42 Å². The molecular weight excluding hydrogens is 621 g/mol. The summed E-state index contributed by atoms with van der Waals surface area (Å²) in [6, 6.07) is 41.5. The van der Waals surface area contributed by atoms with Crippen molar-refractivity contribution in [2.75, 3.05) is 0 Å². The van der Waals surface area contributed by atoms with Crippen molar-refractivity contribution in [3.63, 3.8) is 0 Å². The molecule has 0 N–H and O–H groups in total. The van der Waals surface area contributed by atoms with E-state index >= 15 is 0 Å². The van der Waals surface area contributed by atoms with E-state index in [1.165, 1.54) is 77.3 Å². The lowest BCUT2D eigenvalue weighted by Crippen LogP contribution is -2.49. The van der Waals surface area contributed by atoms with Gasteiger partial charge in [-0.05, 0) is 73.2 Å². The third-order valence-corrected chi connectivity index (χ3v) is 10.9. The zero-order chi connectivity index (χ0) is 33.9. The molecule has 1 atom stereocenters. The maximum Gasteiger partial charge on any atom is 0.225 e. The number of nitrogens with zero attached hydrogens (tertiary/aromatic N) is 2. The highest BCUT2D eigenvalue weighted by atomic mass is 16.3. The van der Waals surface area contributed by atoms with Gasteiger partial charge in [0.15, 0.2) is 0 Å². The second-order valence-electron chi connectivity index (χ2n) is 13.7. The first-order chi connectivity index (χ1) is 25.3. The van der Waals surface area contributed by atoms with Crippen molar-refractivity contribution in [2.45, 2.75) is 32.1 Å². The second-order valence-corrected chi connectivity index (χ2v) is 13.7. The summed E-state index contributed by atoms with van der Waals surface area (Å²) in [7, 11) is 0. The Morgan fingerprint density at radius 2 is 1.59 bits per heavy atom. The maximum absolute atomic E-state index is 6.40. The number of fused-ring (bicyclic) bond motifs is 7. The van der Waals surface area contributed by atoms with Gasteiger partial charge in [-0.15, -0.1) is 0 Å². The molecule has 0 saturated carbocycles. The van der Waals surface area contributed by atoms with Crippen molar-refractivity contribution in [1.82, 2.24) is 9.14 Å². The normalized spacial score (nSPS) is 17.0. The van der Waals surface area contributed by atoms with Crippen LogP contribution in [0.1, 0.15) is 48.1 Å². The van der Waals surface area contributed by atoms with Gasteiger partial charge in [-0.1, -0.05) is 109 Å². The summed E-state index contributed by atoms with van der Waals surface area (Å²) in [5.74, 6) is 0.310. The molecule has 3 heterocycles. The Balaban J connectivity index is 1.02. The molecule has 0 bridgehead atoms. The van der Waals surface area contributed by atoms with Crippen LogP contribution in [0.2, 0.25) is 0 Å². The van der Waals surface area contributed by atoms with Crippen molar-refractivity contribution >= 4 is 61.6 Å². The van der Waals surface area contributed by atoms with Crippen LogP contribution in [0.25, 0.3) is 55.9 Å². The zero-order valence-electron chi connectivity index (χ0n) is 28.6. The lowest BCUT2D eigenvalue weighted by molar-refractivity contribution is 0.667. The summed E-state index contributed by atoms with van der Waals surface area (Å²) in [5.41, 5.74) is 13.6. The lowest BCUT2D eigenvalue weighted by atomic mass is 9.86. The third-order valence-electron chi connectivity index (χ3n) is 10.9. The van der Waals surface area contributed by atoms with Crippen LogP contribution < -0.4 is 15.2 Å². The van der Waals surface area contributed by atoms with Crippen LogP contribution in [0, 0.1) is 0 Å². The number of para-hydroxylation sites is 4. The Kier molecular flexibility index (Phi) is 6.99. The van der Waals surface area contributed by atoms with Gasteiger partial charge in [0.05, 0.1) is 5.52 Å². The summed E-state index contributed by atoms with van der Waals surface area (Å²) >= 11 is 0. The lowest BCUT2D eigenvalue weighted by Gasteiger charge is -2.22. The smallest absolute Gasteiger partial charge is 0.225 e. The monoisotopic (exact) mass is 657 g/mol. The summed E-state index contributed by atoms with van der Waals surface area (Å²) < 4.78 is 11.3. The van der Waals surface area contributed by atoms with Crippen LogP contribution in [0.15, 0.2) is 162 Å². The highest BCUT2D eigenvalue weighted by Crippen LogP contribution is 2.42. The predicted molar refractivity (Wildman–Crippen MR) is 213 cm³/mol. The van der Waals surface area contributed by atoms with E-state index in [0.29, 0.717) is 5.92 Å². The van der Waals surface area contributed by atoms with Gasteiger partial charge in [0.1, 0.15) is 16.4 Å². The zero-order valence-corrected chi connectivity index (χ0v) is 28.6. The van der Waals surface area contributed by atoms with Crippen LogP contribution in [-0.4, -0.2) is 4.57 Å². The van der Waals surface area contributed by atoms with Crippen LogP contribution in [0.3, 0.4) is 0 Å². The first kappa shape index (κ1) is 29.7. The molecule has 0 fully saturated rings. The molecule has 7 aromatic rings. The van der Waals surface area contributed by atoms with Gasteiger partial charge in [-0.3, -0.25) is 0 Å². The number of furan rings is 1. The molecule has 3 heteroatoms. The molecule has 0 spiro atoms. The van der Waals surface area contributed by atoms with Gasteiger partial charge >= 0.3 is 0 Å². The molecule has 1 aliphatic heterocycles. The molecule has 3 aliphatic rings. The number of allylic oxidation sites excluding steroid dienone is 8. The Hall–Kier alpha value is -6.19. The highest BCUT2D eigenvalue weighted by molar-refractivity contribution is 6.08. The highest BCUT2D eigenvalue weighted by Gasteiger charge is 2.29. The van der Waals surface area contributed by atoms with Gasteiger partial charge in [0.2, 0.25) is 16.7 Å². The summed E-state index contributed by atoms with van der Waals surface area (Å²) in [6.07, 6.45) is 20.9. The number of rotatable bonds is 6. The molecular formula is C48H37N2O+. The molecule has 2 aromatic heterocycles. The van der Waals surface area contributed by atoms with Crippen molar-refractivity contribution in [1.29, 1.82) is 0 Å². The van der Waals surface area contributed by atoms with E-state index in [2.05, 4.69) is 174 Å². The van der Waals surface area contributed by atoms with E-state index in [1.54, 1.807) is 0 Å². The quantitative estimate of drug-likeness (QED) is 0.129. The standard InChI is InChI=1S/C48H37N2O/c1-2-3-5-19-44-42-31-34(25-29-46(42)49(44)35-13-6-4-7-14-35)33-24-28-45-41(30-33)38-15-8-10-20-43(38)50(45)36-26-22-32(23-27-36)37-17-12-18-40-39-16-9-11-21-47(39)51-48(37)40/h2-22,24-26,28-29,31,33H,23,27,30H2,1H3/q+1/b3-2-,19-5-. The van der Waals surface area contributed by atoms with E-state index in [1.807, 2.05) is 6.07 Å². The molecule has 0 radical (unpaired) electrons. The summed E-state index contributed by atoms with van der Waals surface area (Å²) in [5, 5.41) is 6.29. The van der Waals surface area contributed by atoms with E-state index in [9.17, 15) is 0 Å². The fourth-order valence-electron chi connectivity index (χ4n) is 8.45. The number of hydrogen-bond donors (Lipinski definition) is 0. The van der Waals surface area contributed by atoms with Gasteiger partial charge in [0, 0.05) is 63.3 Å². The average molecular weight is 658 g/mol. The molecule has 0 amide bonds. The van der Waals surface area contributed by atoms with E-state index < -0.39 is 0 Å². The van der Waals surface area contributed by atoms with E-state index in [-0.39, 0.29) is 0 Å². The molecule has 5 aromatic carbocycles. The van der Waals surface area contributed by atoms with Crippen LogP contribution in [0.4, 0.5) is 5.69 Å². The molecule has 10 rings (SSSR count). The van der Waals surface area contributed by atoms with Gasteiger partial charge in [0.25, 0.3) is 0 Å². The summed E-state index contributed by atoms with van der Waals surface area (Å²) in [4.78, 5) is 0. The predicted octanol–water partition coefficient (Wildman–Crippen LogP) is 10.7. The molecule has 244 valence electrons. The third kappa shape index (κ3) is 4.76. The SMILES string of the molecule is C/C=C\C=C/C1=c2cc(C3C=Cc4c(c5ccccc5n4C4=CC=C(c5cccc6c5oc5ccccc56)CC4)C3)ccc2=[N+]1c1ccccc1. The minimum atomic E-state index is 0.310. The average Bonchev–Trinajstić information content (AvgIpc) is 3.73. The number of benzene rings is 5. The Morgan fingerprint density at radius 1 is 0.765 bits per heavy atom. The van der Waals surface area contributed by atoms with E-state index in [4.69, 9.17) is 4.42 Å². The Morgan fingerprint density at radius 3 is 2.45 bits per heavy atom. The molecule has 2 aliphatic carbocycles. The number of aromatic nitrogens is 1. The fourth-order valence-corrected chi connectivity index (χ4v) is 8.45. The molecule has 0 saturated heterocycles. The topological polar surface area (TPSA) is 21.1 Å². The molecule has 3 nitrogen and oxygen atoms in total. The molecule has 51 heavy (non-hydrogen) atoms. The first-order valence-corrected chi connectivity index (χ1v) is 18.0. The fraction of sp³-hybridized carbons (Fsp3) is 0.104. The molecule has 1 unspecified atom stereocenters. The van der Waals surface area contributed by atoms with Crippen molar-refractivity contribution in [3.8, 4) is 0 Å². The minimum Gasteiger partial charge on any atom is -0.455 e. The van der Waals surface area contributed by atoms with Crippen molar-refractivity contribution in [2.24, 2.45) is 0 Å².